The Morgan fingerprint density at radius 2 is 1.35 bits per heavy atom. The number of nitrogens with zero attached hydrogens (tertiary/aromatic N) is 1. The SMILES string of the molecule is O=C(NCc1ccccc1)C1c2ccccc2C(=O)N1Cc1ccc(Oc2ccccc2)cc1. The first-order chi connectivity index (χ1) is 16.7. The summed E-state index contributed by atoms with van der Waals surface area (Å²) < 4.78 is 5.86. The van der Waals surface area contributed by atoms with Crippen LogP contribution in [-0.4, -0.2) is 16.7 Å². The van der Waals surface area contributed by atoms with Crippen molar-refractivity contribution in [3.05, 3.63) is 131 Å². The van der Waals surface area contributed by atoms with Crippen LogP contribution in [0.1, 0.15) is 33.1 Å². The van der Waals surface area contributed by atoms with E-state index >= 15 is 0 Å². The molecule has 0 saturated heterocycles. The van der Waals surface area contributed by atoms with E-state index in [1.807, 2.05) is 103 Å². The summed E-state index contributed by atoms with van der Waals surface area (Å²) in [6, 6.07) is 33.6. The van der Waals surface area contributed by atoms with Gasteiger partial charge in [0.05, 0.1) is 0 Å². The average molecular weight is 449 g/mol. The van der Waals surface area contributed by atoms with E-state index in [1.54, 1.807) is 11.0 Å². The van der Waals surface area contributed by atoms with Crippen molar-refractivity contribution in [2.45, 2.75) is 19.1 Å². The molecule has 5 nitrogen and oxygen atoms in total. The normalized spacial score (nSPS) is 14.5. The maximum absolute atomic E-state index is 13.3. The van der Waals surface area contributed by atoms with Crippen LogP contribution in [0, 0.1) is 0 Å². The first-order valence-corrected chi connectivity index (χ1v) is 11.2. The molecule has 5 rings (SSSR count). The summed E-state index contributed by atoms with van der Waals surface area (Å²) in [6.07, 6.45) is 0. The molecule has 1 N–H and O–H groups in total. The number of para-hydroxylation sites is 1. The minimum atomic E-state index is -0.673. The molecule has 4 aromatic rings. The zero-order valence-electron chi connectivity index (χ0n) is 18.6. The van der Waals surface area contributed by atoms with Gasteiger partial charge >= 0.3 is 0 Å². The van der Waals surface area contributed by atoms with E-state index in [2.05, 4.69) is 5.32 Å². The second-order valence-electron chi connectivity index (χ2n) is 8.19. The van der Waals surface area contributed by atoms with Crippen LogP contribution >= 0.6 is 0 Å². The molecule has 0 aromatic heterocycles. The molecule has 1 atom stereocenters. The smallest absolute Gasteiger partial charge is 0.255 e. The molecule has 34 heavy (non-hydrogen) atoms. The van der Waals surface area contributed by atoms with Crippen molar-refractivity contribution in [2.24, 2.45) is 0 Å². The van der Waals surface area contributed by atoms with Crippen LogP contribution in [0.5, 0.6) is 11.5 Å². The van der Waals surface area contributed by atoms with Gasteiger partial charge < -0.3 is 15.0 Å². The molecule has 0 spiro atoms. The van der Waals surface area contributed by atoms with E-state index in [9.17, 15) is 9.59 Å². The summed E-state index contributed by atoms with van der Waals surface area (Å²) in [4.78, 5) is 28.1. The standard InChI is InChI=1S/C29H24N2O3/c32-28(30-19-21-9-3-1-4-10-21)27-25-13-7-8-14-26(25)29(33)31(27)20-22-15-17-24(18-16-22)34-23-11-5-2-6-12-23/h1-18,27H,19-20H2,(H,30,32). The molecule has 1 unspecified atom stereocenters. The maximum Gasteiger partial charge on any atom is 0.255 e. The number of carbonyl (C=O) groups excluding carboxylic acids is 2. The number of ether oxygens (including phenoxy) is 1. The van der Waals surface area contributed by atoms with E-state index in [1.165, 1.54) is 0 Å². The van der Waals surface area contributed by atoms with Gasteiger partial charge in [0.25, 0.3) is 5.91 Å². The summed E-state index contributed by atoms with van der Waals surface area (Å²) in [6.45, 7) is 0.731. The number of rotatable bonds is 7. The van der Waals surface area contributed by atoms with Crippen molar-refractivity contribution in [1.29, 1.82) is 0 Å². The third-order valence-electron chi connectivity index (χ3n) is 5.87. The monoisotopic (exact) mass is 448 g/mol. The van der Waals surface area contributed by atoms with Gasteiger partial charge in [0.1, 0.15) is 17.5 Å². The molecule has 0 saturated carbocycles. The van der Waals surface area contributed by atoms with Crippen molar-refractivity contribution in [3.63, 3.8) is 0 Å². The van der Waals surface area contributed by atoms with Crippen molar-refractivity contribution in [2.75, 3.05) is 0 Å². The van der Waals surface area contributed by atoms with Gasteiger partial charge in [-0.05, 0) is 47.0 Å². The van der Waals surface area contributed by atoms with Crippen molar-refractivity contribution in [1.82, 2.24) is 10.2 Å². The lowest BCUT2D eigenvalue weighted by Crippen LogP contribution is -2.38. The molecule has 2 amide bonds. The fraction of sp³-hybridized carbons (Fsp3) is 0.103. The van der Waals surface area contributed by atoms with Gasteiger partial charge in [0.2, 0.25) is 5.91 Å². The number of carbonyl (C=O) groups is 2. The van der Waals surface area contributed by atoms with Crippen LogP contribution in [-0.2, 0) is 17.9 Å². The van der Waals surface area contributed by atoms with Crippen LogP contribution in [0.3, 0.4) is 0 Å². The van der Waals surface area contributed by atoms with Crippen LogP contribution in [0.15, 0.2) is 109 Å². The van der Waals surface area contributed by atoms with Gasteiger partial charge in [-0.1, -0.05) is 78.9 Å². The van der Waals surface area contributed by atoms with Gasteiger partial charge in [-0.15, -0.1) is 0 Å². The van der Waals surface area contributed by atoms with Crippen molar-refractivity contribution >= 4 is 11.8 Å². The number of hydrogen-bond donors (Lipinski definition) is 1. The first kappa shape index (κ1) is 21.5. The molecule has 5 heteroatoms. The highest BCUT2D eigenvalue weighted by Gasteiger charge is 2.40. The lowest BCUT2D eigenvalue weighted by molar-refractivity contribution is -0.125. The molecule has 0 fully saturated rings. The van der Waals surface area contributed by atoms with Crippen LogP contribution in [0.25, 0.3) is 0 Å². The summed E-state index contributed by atoms with van der Waals surface area (Å²) in [5.41, 5.74) is 3.24. The fourth-order valence-electron chi connectivity index (χ4n) is 4.18. The van der Waals surface area contributed by atoms with E-state index in [4.69, 9.17) is 4.74 Å². The Labute approximate surface area is 198 Å². The Morgan fingerprint density at radius 1 is 0.735 bits per heavy atom. The lowest BCUT2D eigenvalue weighted by atomic mass is 10.0. The highest BCUT2D eigenvalue weighted by molar-refractivity contribution is 6.04. The fourth-order valence-corrected chi connectivity index (χ4v) is 4.18. The molecular weight excluding hydrogens is 424 g/mol. The Hall–Kier alpha value is -4.38. The Kier molecular flexibility index (Phi) is 6.08. The molecule has 1 heterocycles. The highest BCUT2D eigenvalue weighted by atomic mass is 16.5. The minimum Gasteiger partial charge on any atom is -0.457 e. The predicted octanol–water partition coefficient (Wildman–Crippen LogP) is 5.49. The number of nitrogens with one attached hydrogen (secondary N) is 1. The summed E-state index contributed by atoms with van der Waals surface area (Å²) in [7, 11) is 0. The second-order valence-corrected chi connectivity index (χ2v) is 8.19. The predicted molar refractivity (Wildman–Crippen MR) is 130 cm³/mol. The molecular formula is C29H24N2O3. The van der Waals surface area contributed by atoms with E-state index < -0.39 is 6.04 Å². The van der Waals surface area contributed by atoms with Crippen LogP contribution in [0.4, 0.5) is 0 Å². The minimum absolute atomic E-state index is 0.139. The molecule has 0 radical (unpaired) electrons. The lowest BCUT2D eigenvalue weighted by Gasteiger charge is -2.25. The van der Waals surface area contributed by atoms with Crippen LogP contribution < -0.4 is 10.1 Å². The zero-order chi connectivity index (χ0) is 23.3. The number of hydrogen-bond acceptors (Lipinski definition) is 3. The third kappa shape index (κ3) is 4.55. The number of fused-ring (bicyclic) bond motifs is 1. The number of amides is 2. The van der Waals surface area contributed by atoms with Crippen molar-refractivity contribution < 1.29 is 14.3 Å². The quantitative estimate of drug-likeness (QED) is 0.407. The van der Waals surface area contributed by atoms with Gasteiger partial charge in [0.15, 0.2) is 0 Å². The van der Waals surface area contributed by atoms with Gasteiger partial charge in [-0.3, -0.25) is 9.59 Å². The third-order valence-corrected chi connectivity index (χ3v) is 5.87. The summed E-state index contributed by atoms with van der Waals surface area (Å²) in [5, 5.41) is 3.00. The molecule has 168 valence electrons. The largest absolute Gasteiger partial charge is 0.457 e. The van der Waals surface area contributed by atoms with Gasteiger partial charge in [-0.25, -0.2) is 0 Å². The van der Waals surface area contributed by atoms with E-state index in [0.717, 1.165) is 22.4 Å². The molecule has 4 aromatic carbocycles. The summed E-state index contributed by atoms with van der Waals surface area (Å²) >= 11 is 0. The Bertz CT molecular complexity index is 1290. The molecule has 0 bridgehead atoms. The summed E-state index contributed by atoms with van der Waals surface area (Å²) in [5.74, 6) is 1.14. The van der Waals surface area contributed by atoms with Crippen LogP contribution in [0.2, 0.25) is 0 Å². The first-order valence-electron chi connectivity index (χ1n) is 11.2. The molecule has 0 aliphatic carbocycles. The molecule has 1 aliphatic rings. The van der Waals surface area contributed by atoms with Crippen molar-refractivity contribution in [3.8, 4) is 11.5 Å². The van der Waals surface area contributed by atoms with E-state index in [0.29, 0.717) is 24.4 Å². The van der Waals surface area contributed by atoms with Gasteiger partial charge in [0, 0.05) is 18.7 Å². The topological polar surface area (TPSA) is 58.6 Å². The Balaban J connectivity index is 1.34. The van der Waals surface area contributed by atoms with Gasteiger partial charge in [-0.2, -0.15) is 0 Å². The molecule has 1 aliphatic heterocycles. The highest BCUT2D eigenvalue weighted by Crippen LogP contribution is 2.35. The Morgan fingerprint density at radius 3 is 2.09 bits per heavy atom. The average Bonchev–Trinajstić information content (AvgIpc) is 3.16. The number of benzene rings is 4. The second kappa shape index (κ2) is 9.63. The zero-order valence-corrected chi connectivity index (χ0v) is 18.6. The van der Waals surface area contributed by atoms with E-state index in [-0.39, 0.29) is 11.8 Å². The maximum atomic E-state index is 13.3.